The Balaban J connectivity index is 2.95. The zero-order valence-corrected chi connectivity index (χ0v) is 14.9. The van der Waals surface area contributed by atoms with Crippen LogP contribution in [0.4, 0.5) is 0 Å². The van der Waals surface area contributed by atoms with E-state index in [4.69, 9.17) is 15.3 Å². The molecule has 0 fully saturated rings. The Bertz CT molecular complexity index is 689. The number of carbonyl (C=O) groups is 4. The van der Waals surface area contributed by atoms with Gasteiger partial charge >= 0.3 is 23.9 Å². The number of carboxylic acid groups (broad SMARTS) is 4. The van der Waals surface area contributed by atoms with Crippen LogP contribution in [0.3, 0.4) is 0 Å². The van der Waals surface area contributed by atoms with Crippen LogP contribution in [0, 0.1) is 0 Å². The molecule has 0 unspecified atom stereocenters. The Morgan fingerprint density at radius 1 is 0.786 bits per heavy atom. The van der Waals surface area contributed by atoms with Gasteiger partial charge in [-0.15, -0.1) is 0 Å². The molecule has 0 radical (unpaired) electrons. The summed E-state index contributed by atoms with van der Waals surface area (Å²) in [5.74, 6) is -5.08. The first kappa shape index (κ1) is 22.9. The number of benzene rings is 1. The average molecular weight is 398 g/mol. The lowest BCUT2D eigenvalue weighted by atomic mass is 10.0. The summed E-state index contributed by atoms with van der Waals surface area (Å²) >= 11 is 0. The molecule has 1 aromatic carbocycles. The quantitative estimate of drug-likeness (QED) is 0.282. The third-order valence-electron chi connectivity index (χ3n) is 3.85. The minimum atomic E-state index is -1.28. The second-order valence-corrected chi connectivity index (χ2v) is 6.09. The molecule has 0 aliphatic carbocycles. The number of aliphatic carboxylic acids is 4. The molecule has 0 aliphatic rings. The second-order valence-electron chi connectivity index (χ2n) is 6.09. The minimum Gasteiger partial charge on any atom is -0.508 e. The molecule has 0 aromatic heterocycles. The van der Waals surface area contributed by atoms with Gasteiger partial charge in [0.2, 0.25) is 0 Å². The maximum absolute atomic E-state index is 11.7. The Morgan fingerprint density at radius 3 is 1.71 bits per heavy atom. The predicted molar refractivity (Wildman–Crippen MR) is 94.2 cm³/mol. The molecule has 0 aliphatic heterocycles. The maximum Gasteiger partial charge on any atom is 0.321 e. The van der Waals surface area contributed by atoms with Crippen molar-refractivity contribution in [2.45, 2.75) is 12.5 Å². The van der Waals surface area contributed by atoms with Crippen molar-refractivity contribution >= 4 is 23.9 Å². The molecule has 0 amide bonds. The number of phenolic OH excluding ortho intramolecular Hbond substituents is 1. The molecule has 11 heteroatoms. The van der Waals surface area contributed by atoms with E-state index in [0.29, 0.717) is 5.56 Å². The van der Waals surface area contributed by atoms with Gasteiger partial charge in [0.15, 0.2) is 0 Å². The largest absolute Gasteiger partial charge is 0.508 e. The van der Waals surface area contributed by atoms with Crippen molar-refractivity contribution in [2.24, 2.45) is 0 Å². The van der Waals surface area contributed by atoms with E-state index in [-0.39, 0.29) is 25.3 Å². The van der Waals surface area contributed by atoms with Crippen molar-refractivity contribution < 1.29 is 44.7 Å². The fraction of sp³-hybridized carbons (Fsp3) is 0.412. The predicted octanol–water partition coefficient (Wildman–Crippen LogP) is -0.754. The Kier molecular flexibility index (Phi) is 8.85. The van der Waals surface area contributed by atoms with E-state index in [0.717, 1.165) is 9.80 Å². The SMILES string of the molecule is O=C(O)CN(CCN(CC(=O)O)[C@@H](Cc1ccc(O)cc1)C(=O)O)CC(=O)O. The zero-order chi connectivity index (χ0) is 21.3. The lowest BCUT2D eigenvalue weighted by Crippen LogP contribution is -2.49. The van der Waals surface area contributed by atoms with E-state index >= 15 is 0 Å². The van der Waals surface area contributed by atoms with E-state index < -0.39 is 49.6 Å². The number of hydrogen-bond donors (Lipinski definition) is 5. The topological polar surface area (TPSA) is 176 Å². The zero-order valence-electron chi connectivity index (χ0n) is 14.9. The van der Waals surface area contributed by atoms with Crippen molar-refractivity contribution in [1.29, 1.82) is 0 Å². The van der Waals surface area contributed by atoms with E-state index in [1.54, 1.807) is 0 Å². The highest BCUT2D eigenvalue weighted by atomic mass is 16.4. The molecule has 1 atom stereocenters. The molecular weight excluding hydrogens is 376 g/mol. The summed E-state index contributed by atoms with van der Waals surface area (Å²) in [5, 5.41) is 45.7. The monoisotopic (exact) mass is 398 g/mol. The molecule has 5 N–H and O–H groups in total. The second kappa shape index (κ2) is 10.8. The number of hydrogen-bond acceptors (Lipinski definition) is 7. The summed E-state index contributed by atoms with van der Waals surface area (Å²) in [6.07, 6.45) is -0.0548. The van der Waals surface area contributed by atoms with E-state index in [9.17, 15) is 29.4 Å². The van der Waals surface area contributed by atoms with Crippen LogP contribution in [-0.2, 0) is 25.6 Å². The van der Waals surface area contributed by atoms with Gasteiger partial charge < -0.3 is 25.5 Å². The van der Waals surface area contributed by atoms with Crippen LogP contribution in [-0.4, -0.2) is 98.0 Å². The van der Waals surface area contributed by atoms with Gasteiger partial charge in [-0.05, 0) is 24.1 Å². The summed E-state index contributed by atoms with van der Waals surface area (Å²) in [4.78, 5) is 46.8. The van der Waals surface area contributed by atoms with Crippen molar-refractivity contribution in [3.8, 4) is 5.75 Å². The van der Waals surface area contributed by atoms with Gasteiger partial charge in [0.25, 0.3) is 0 Å². The molecule has 0 saturated carbocycles. The van der Waals surface area contributed by atoms with Crippen LogP contribution in [0.2, 0.25) is 0 Å². The third kappa shape index (κ3) is 8.47. The number of carboxylic acids is 4. The first-order valence-electron chi connectivity index (χ1n) is 8.21. The van der Waals surface area contributed by atoms with Gasteiger partial charge in [-0.2, -0.15) is 0 Å². The molecule has 0 heterocycles. The summed E-state index contributed by atoms with van der Waals surface area (Å²) < 4.78 is 0. The standard InChI is InChI=1S/C17H22N2O9/c20-12-3-1-11(2-4-12)7-13(17(27)28)19(10-16(25)26)6-5-18(8-14(21)22)9-15(23)24/h1-4,13,20H,5-10H2,(H,21,22)(H,23,24)(H,25,26)(H,27,28)/t13-/m0/s1. The Morgan fingerprint density at radius 2 is 1.29 bits per heavy atom. The fourth-order valence-electron chi connectivity index (χ4n) is 2.61. The smallest absolute Gasteiger partial charge is 0.321 e. The Hall–Kier alpha value is -3.18. The van der Waals surface area contributed by atoms with Gasteiger partial charge in [-0.1, -0.05) is 12.1 Å². The lowest BCUT2D eigenvalue weighted by molar-refractivity contribution is -0.148. The molecule has 0 saturated heterocycles. The molecule has 11 nitrogen and oxygen atoms in total. The number of aromatic hydroxyl groups is 1. The number of rotatable bonds is 13. The van der Waals surface area contributed by atoms with Crippen LogP contribution >= 0.6 is 0 Å². The highest BCUT2D eigenvalue weighted by Gasteiger charge is 2.28. The first-order chi connectivity index (χ1) is 13.1. The van der Waals surface area contributed by atoms with Crippen LogP contribution in [0.1, 0.15) is 5.56 Å². The van der Waals surface area contributed by atoms with Gasteiger partial charge in [-0.25, -0.2) is 0 Å². The van der Waals surface area contributed by atoms with E-state index in [1.807, 2.05) is 0 Å². The third-order valence-corrected chi connectivity index (χ3v) is 3.85. The van der Waals surface area contributed by atoms with E-state index in [1.165, 1.54) is 24.3 Å². The summed E-state index contributed by atoms with van der Waals surface area (Å²) in [7, 11) is 0. The summed E-state index contributed by atoms with van der Waals surface area (Å²) in [6, 6.07) is 4.52. The molecule has 154 valence electrons. The highest BCUT2D eigenvalue weighted by molar-refractivity contribution is 5.76. The summed E-state index contributed by atoms with van der Waals surface area (Å²) in [5.41, 5.74) is 0.550. The van der Waals surface area contributed by atoms with Crippen LogP contribution < -0.4 is 0 Å². The van der Waals surface area contributed by atoms with Gasteiger partial charge in [0.05, 0.1) is 19.6 Å². The molecule has 1 rings (SSSR count). The molecule has 1 aromatic rings. The van der Waals surface area contributed by atoms with E-state index in [2.05, 4.69) is 0 Å². The molecule has 0 bridgehead atoms. The number of phenols is 1. The highest BCUT2D eigenvalue weighted by Crippen LogP contribution is 2.14. The van der Waals surface area contributed by atoms with Crippen molar-refractivity contribution in [1.82, 2.24) is 9.80 Å². The molecular formula is C17H22N2O9. The van der Waals surface area contributed by atoms with Crippen molar-refractivity contribution in [3.05, 3.63) is 29.8 Å². The minimum absolute atomic E-state index is 0.00370. The Labute approximate surface area is 160 Å². The van der Waals surface area contributed by atoms with Crippen LogP contribution in [0.5, 0.6) is 5.75 Å². The fourth-order valence-corrected chi connectivity index (χ4v) is 2.61. The average Bonchev–Trinajstić information content (AvgIpc) is 2.56. The van der Waals surface area contributed by atoms with Crippen molar-refractivity contribution in [3.63, 3.8) is 0 Å². The van der Waals surface area contributed by atoms with Crippen LogP contribution in [0.15, 0.2) is 24.3 Å². The van der Waals surface area contributed by atoms with Crippen molar-refractivity contribution in [2.75, 3.05) is 32.7 Å². The molecule has 0 spiro atoms. The van der Waals surface area contributed by atoms with Crippen LogP contribution in [0.25, 0.3) is 0 Å². The lowest BCUT2D eigenvalue weighted by Gasteiger charge is -2.29. The first-order valence-corrected chi connectivity index (χ1v) is 8.21. The maximum atomic E-state index is 11.7. The summed E-state index contributed by atoms with van der Waals surface area (Å²) in [6.45, 7) is -2.10. The van der Waals surface area contributed by atoms with Gasteiger partial charge in [0, 0.05) is 13.1 Å². The normalized spacial score (nSPS) is 12.1. The van der Waals surface area contributed by atoms with Gasteiger partial charge in [-0.3, -0.25) is 29.0 Å². The molecule has 28 heavy (non-hydrogen) atoms. The number of nitrogens with zero attached hydrogens (tertiary/aromatic N) is 2. The van der Waals surface area contributed by atoms with Gasteiger partial charge in [0.1, 0.15) is 11.8 Å².